The highest BCUT2D eigenvalue weighted by atomic mass is 79.9. The first-order valence-corrected chi connectivity index (χ1v) is 6.34. The minimum absolute atomic E-state index is 0.0396. The van der Waals surface area contributed by atoms with E-state index in [0.29, 0.717) is 12.0 Å². The van der Waals surface area contributed by atoms with Gasteiger partial charge in [-0.15, -0.1) is 0 Å². The Morgan fingerprint density at radius 3 is 2.65 bits per heavy atom. The highest BCUT2D eigenvalue weighted by Crippen LogP contribution is 2.27. The molecule has 17 heavy (non-hydrogen) atoms. The molecule has 0 unspecified atom stereocenters. The van der Waals surface area contributed by atoms with Crippen LogP contribution in [-0.4, -0.2) is 12.1 Å². The Bertz CT molecular complexity index is 449. The summed E-state index contributed by atoms with van der Waals surface area (Å²) in [6.07, 6.45) is 2.18. The molecule has 3 nitrogen and oxygen atoms in total. The number of halogens is 1. The third-order valence-corrected chi connectivity index (χ3v) is 3.45. The molecule has 4 heteroatoms. The maximum absolute atomic E-state index is 11.8. The Balaban J connectivity index is 1.94. The minimum atomic E-state index is -0.305. The summed E-state index contributed by atoms with van der Waals surface area (Å²) in [5.41, 5.74) is 0.550. The Morgan fingerprint density at radius 2 is 2.06 bits per heavy atom. The first-order chi connectivity index (χ1) is 8.19. The molecule has 0 radical (unpaired) electrons. The Labute approximate surface area is 109 Å². The lowest BCUT2D eigenvalue weighted by atomic mass is 10.1. The van der Waals surface area contributed by atoms with Crippen LogP contribution in [-0.2, 0) is 4.74 Å². The molecule has 2 rings (SSSR count). The average Bonchev–Trinajstić information content (AvgIpc) is 2.77. The molecule has 0 aliphatic heterocycles. The van der Waals surface area contributed by atoms with E-state index in [1.165, 1.54) is 0 Å². The van der Waals surface area contributed by atoms with Crippen LogP contribution in [0.2, 0.25) is 0 Å². The summed E-state index contributed by atoms with van der Waals surface area (Å²) < 4.78 is 6.29. The van der Waals surface area contributed by atoms with Gasteiger partial charge in [0.25, 0.3) is 0 Å². The summed E-state index contributed by atoms with van der Waals surface area (Å²) in [6, 6.07) is 9.29. The molecular formula is C13H12BrNO2. The molecule has 1 aliphatic carbocycles. The summed E-state index contributed by atoms with van der Waals surface area (Å²) in [4.78, 5) is 11.8. The van der Waals surface area contributed by atoms with Gasteiger partial charge in [0, 0.05) is 16.8 Å². The summed E-state index contributed by atoms with van der Waals surface area (Å²) in [7, 11) is 0. The molecule has 0 saturated heterocycles. The van der Waals surface area contributed by atoms with Crippen molar-refractivity contribution in [1.29, 1.82) is 5.26 Å². The molecule has 0 heterocycles. The van der Waals surface area contributed by atoms with Crippen LogP contribution in [0.3, 0.4) is 0 Å². The van der Waals surface area contributed by atoms with E-state index in [1.54, 1.807) is 12.1 Å². The van der Waals surface area contributed by atoms with Gasteiger partial charge in [-0.05, 0) is 37.1 Å². The van der Waals surface area contributed by atoms with E-state index in [4.69, 9.17) is 10.00 Å². The normalized spacial score (nSPS) is 23.1. The zero-order valence-corrected chi connectivity index (χ0v) is 10.8. The van der Waals surface area contributed by atoms with Crippen molar-refractivity contribution < 1.29 is 9.53 Å². The van der Waals surface area contributed by atoms with E-state index in [2.05, 4.69) is 22.0 Å². The average molecular weight is 294 g/mol. The number of rotatable bonds is 2. The van der Waals surface area contributed by atoms with Crippen LogP contribution in [0.15, 0.2) is 28.7 Å². The van der Waals surface area contributed by atoms with Crippen LogP contribution in [0.5, 0.6) is 0 Å². The third kappa shape index (κ3) is 3.07. The molecule has 1 aliphatic rings. The molecule has 0 N–H and O–H groups in total. The fraction of sp³-hybridized carbons (Fsp3) is 0.385. The SMILES string of the molecule is N#C[C@@H]1CC[C@H](OC(=O)c2ccc(Br)cc2)C1. The lowest BCUT2D eigenvalue weighted by Crippen LogP contribution is -2.15. The summed E-state index contributed by atoms with van der Waals surface area (Å²) in [6.45, 7) is 0. The maximum Gasteiger partial charge on any atom is 0.338 e. The van der Waals surface area contributed by atoms with Gasteiger partial charge >= 0.3 is 5.97 Å². The number of nitrogens with zero attached hydrogens (tertiary/aromatic N) is 1. The molecule has 0 amide bonds. The van der Waals surface area contributed by atoms with Crippen LogP contribution < -0.4 is 0 Å². The summed E-state index contributed by atoms with van der Waals surface area (Å²) in [5, 5.41) is 8.77. The largest absolute Gasteiger partial charge is 0.459 e. The van der Waals surface area contributed by atoms with Gasteiger partial charge in [0.15, 0.2) is 0 Å². The molecule has 2 atom stereocenters. The van der Waals surface area contributed by atoms with Crippen molar-refractivity contribution in [3.63, 3.8) is 0 Å². The minimum Gasteiger partial charge on any atom is -0.459 e. The van der Waals surface area contributed by atoms with Crippen LogP contribution in [0, 0.1) is 17.2 Å². The second-order valence-corrected chi connectivity index (χ2v) is 5.09. The fourth-order valence-electron chi connectivity index (χ4n) is 1.97. The van der Waals surface area contributed by atoms with Crippen LogP contribution in [0.4, 0.5) is 0 Å². The quantitative estimate of drug-likeness (QED) is 0.786. The van der Waals surface area contributed by atoms with Gasteiger partial charge in [-0.2, -0.15) is 5.26 Å². The number of hydrogen-bond donors (Lipinski definition) is 0. The van der Waals surface area contributed by atoms with Crippen molar-refractivity contribution in [2.75, 3.05) is 0 Å². The third-order valence-electron chi connectivity index (χ3n) is 2.92. The van der Waals surface area contributed by atoms with Gasteiger partial charge in [0.05, 0.1) is 11.6 Å². The molecule has 0 spiro atoms. The number of carbonyl (C=O) groups excluding carboxylic acids is 1. The highest BCUT2D eigenvalue weighted by molar-refractivity contribution is 9.10. The fourth-order valence-corrected chi connectivity index (χ4v) is 2.23. The first-order valence-electron chi connectivity index (χ1n) is 5.55. The van der Waals surface area contributed by atoms with Crippen molar-refractivity contribution in [2.45, 2.75) is 25.4 Å². The van der Waals surface area contributed by atoms with Gasteiger partial charge in [-0.1, -0.05) is 15.9 Å². The zero-order chi connectivity index (χ0) is 12.3. The van der Waals surface area contributed by atoms with Crippen LogP contribution >= 0.6 is 15.9 Å². The number of esters is 1. The highest BCUT2D eigenvalue weighted by Gasteiger charge is 2.27. The van der Waals surface area contributed by atoms with Gasteiger partial charge in [-0.3, -0.25) is 0 Å². The predicted molar refractivity (Wildman–Crippen MR) is 66.3 cm³/mol. The van der Waals surface area contributed by atoms with Crippen molar-refractivity contribution in [1.82, 2.24) is 0 Å². The smallest absolute Gasteiger partial charge is 0.338 e. The molecule has 0 aromatic heterocycles. The van der Waals surface area contributed by atoms with Gasteiger partial charge in [0.1, 0.15) is 6.10 Å². The number of benzene rings is 1. The maximum atomic E-state index is 11.8. The number of carbonyl (C=O) groups is 1. The van der Waals surface area contributed by atoms with E-state index in [-0.39, 0.29) is 18.0 Å². The Morgan fingerprint density at radius 1 is 1.35 bits per heavy atom. The van der Waals surface area contributed by atoms with Gasteiger partial charge < -0.3 is 4.74 Å². The number of nitriles is 1. The molecule has 1 saturated carbocycles. The van der Waals surface area contributed by atoms with E-state index < -0.39 is 0 Å². The topological polar surface area (TPSA) is 50.1 Å². The lowest BCUT2D eigenvalue weighted by molar-refractivity contribution is 0.0313. The van der Waals surface area contributed by atoms with Crippen LogP contribution in [0.1, 0.15) is 29.6 Å². The van der Waals surface area contributed by atoms with E-state index in [1.807, 2.05) is 12.1 Å². The first kappa shape index (κ1) is 12.1. The molecular weight excluding hydrogens is 282 g/mol. The van der Waals surface area contributed by atoms with E-state index in [0.717, 1.165) is 17.3 Å². The van der Waals surface area contributed by atoms with Gasteiger partial charge in [-0.25, -0.2) is 4.79 Å². The molecule has 1 fully saturated rings. The second kappa shape index (κ2) is 5.33. The van der Waals surface area contributed by atoms with E-state index >= 15 is 0 Å². The zero-order valence-electron chi connectivity index (χ0n) is 9.23. The van der Waals surface area contributed by atoms with Crippen LogP contribution in [0.25, 0.3) is 0 Å². The molecule has 0 bridgehead atoms. The van der Waals surface area contributed by atoms with Crippen molar-refractivity contribution in [3.8, 4) is 6.07 Å². The van der Waals surface area contributed by atoms with Crippen molar-refractivity contribution in [2.24, 2.45) is 5.92 Å². The molecule has 1 aromatic carbocycles. The predicted octanol–water partition coefficient (Wildman–Crippen LogP) is 3.30. The number of hydrogen-bond acceptors (Lipinski definition) is 3. The lowest BCUT2D eigenvalue weighted by Gasteiger charge is -2.11. The van der Waals surface area contributed by atoms with Crippen molar-refractivity contribution >= 4 is 21.9 Å². The number of ether oxygens (including phenoxy) is 1. The Kier molecular flexibility index (Phi) is 3.80. The Hall–Kier alpha value is -1.34. The summed E-state index contributed by atoms with van der Waals surface area (Å²) >= 11 is 3.31. The summed E-state index contributed by atoms with van der Waals surface area (Å²) in [5.74, 6) is -0.265. The van der Waals surface area contributed by atoms with Gasteiger partial charge in [0.2, 0.25) is 0 Å². The molecule has 88 valence electrons. The van der Waals surface area contributed by atoms with E-state index in [9.17, 15) is 4.79 Å². The second-order valence-electron chi connectivity index (χ2n) is 4.17. The van der Waals surface area contributed by atoms with Crippen molar-refractivity contribution in [3.05, 3.63) is 34.3 Å². The standard InChI is InChI=1S/C13H12BrNO2/c14-11-4-2-10(3-5-11)13(16)17-12-6-1-9(7-12)8-15/h2-5,9,12H,1,6-7H2/t9-,12+/m1/s1. The monoisotopic (exact) mass is 293 g/mol. The molecule has 1 aromatic rings.